The molecule has 3 N–H and O–H groups in total. The van der Waals surface area contributed by atoms with Crippen LogP contribution >= 0.6 is 0 Å². The summed E-state index contributed by atoms with van der Waals surface area (Å²) in [7, 11) is 4.68. The van der Waals surface area contributed by atoms with Crippen LogP contribution in [0.2, 0.25) is 0 Å². The van der Waals surface area contributed by atoms with Gasteiger partial charge < -0.3 is 25.3 Å². The van der Waals surface area contributed by atoms with Crippen LogP contribution in [0.15, 0.2) is 42.5 Å². The molecule has 146 valence electrons. The third-order valence-electron chi connectivity index (χ3n) is 4.14. The van der Waals surface area contributed by atoms with Crippen LogP contribution in [0.1, 0.15) is 16.1 Å². The first-order valence-corrected chi connectivity index (χ1v) is 8.42. The van der Waals surface area contributed by atoms with Crippen molar-refractivity contribution >= 4 is 11.7 Å². The number of ether oxygens (including phenoxy) is 3. The smallest absolute Gasteiger partial charge is 0.275 e. The number of aromatic nitrogens is 3. The molecule has 0 radical (unpaired) electrons. The molecule has 0 saturated heterocycles. The van der Waals surface area contributed by atoms with Crippen LogP contribution in [0.4, 0.5) is 5.82 Å². The van der Waals surface area contributed by atoms with Gasteiger partial charge in [-0.25, -0.2) is 0 Å². The number of nitrogens with two attached hydrogens (primary N) is 1. The predicted octanol–water partition coefficient (Wildman–Crippen LogP) is 1.81. The summed E-state index contributed by atoms with van der Waals surface area (Å²) in [6.45, 7) is 0.325. The average Bonchev–Trinajstić information content (AvgIpc) is 3.13. The highest BCUT2D eigenvalue weighted by molar-refractivity contribution is 5.96. The quantitative estimate of drug-likeness (QED) is 0.639. The normalized spacial score (nSPS) is 10.4. The Labute approximate surface area is 162 Å². The standard InChI is InChI=1S/C19H21N5O4/c1-26-14-7-4-12(5-8-14)11-21-19(25)17-18(20)24(23-22-17)13-6-9-15(27-2)16(10-13)28-3/h4-10H,11,20H2,1-3H3,(H,21,25). The zero-order chi connectivity index (χ0) is 20.1. The van der Waals surface area contributed by atoms with Crippen molar-refractivity contribution in [2.24, 2.45) is 0 Å². The molecule has 28 heavy (non-hydrogen) atoms. The molecule has 1 aromatic heterocycles. The zero-order valence-corrected chi connectivity index (χ0v) is 15.8. The predicted molar refractivity (Wildman–Crippen MR) is 103 cm³/mol. The van der Waals surface area contributed by atoms with E-state index in [4.69, 9.17) is 19.9 Å². The van der Waals surface area contributed by atoms with E-state index in [0.29, 0.717) is 23.7 Å². The molecule has 3 rings (SSSR count). The number of nitrogens with zero attached hydrogens (tertiary/aromatic N) is 3. The number of benzene rings is 2. The van der Waals surface area contributed by atoms with Gasteiger partial charge in [-0.1, -0.05) is 17.3 Å². The Morgan fingerprint density at radius 1 is 1.04 bits per heavy atom. The molecule has 9 heteroatoms. The lowest BCUT2D eigenvalue weighted by Gasteiger charge is -2.10. The largest absolute Gasteiger partial charge is 0.497 e. The maximum absolute atomic E-state index is 12.5. The van der Waals surface area contributed by atoms with Crippen LogP contribution in [0.5, 0.6) is 17.2 Å². The Morgan fingerprint density at radius 2 is 1.75 bits per heavy atom. The number of hydrogen-bond donors (Lipinski definition) is 2. The molecule has 0 aliphatic carbocycles. The van der Waals surface area contributed by atoms with Gasteiger partial charge in [0.2, 0.25) is 0 Å². The van der Waals surface area contributed by atoms with Crippen LogP contribution in [-0.4, -0.2) is 42.2 Å². The second-order valence-corrected chi connectivity index (χ2v) is 5.81. The Hall–Kier alpha value is -3.75. The van der Waals surface area contributed by atoms with Gasteiger partial charge >= 0.3 is 0 Å². The lowest BCUT2D eigenvalue weighted by molar-refractivity contribution is 0.0946. The van der Waals surface area contributed by atoms with Gasteiger partial charge in [-0.05, 0) is 29.8 Å². The number of rotatable bonds is 7. The van der Waals surface area contributed by atoms with Gasteiger partial charge in [-0.15, -0.1) is 5.10 Å². The minimum Gasteiger partial charge on any atom is -0.497 e. The van der Waals surface area contributed by atoms with Crippen molar-refractivity contribution in [3.8, 4) is 22.9 Å². The first-order valence-electron chi connectivity index (χ1n) is 8.42. The minimum atomic E-state index is -0.417. The fourth-order valence-corrected chi connectivity index (χ4v) is 2.61. The molecule has 0 unspecified atom stereocenters. The highest BCUT2D eigenvalue weighted by Crippen LogP contribution is 2.29. The molecule has 0 fully saturated rings. The number of carbonyl (C=O) groups is 1. The maximum atomic E-state index is 12.5. The number of carbonyl (C=O) groups excluding carboxylic acids is 1. The average molecular weight is 383 g/mol. The van der Waals surface area contributed by atoms with Gasteiger partial charge in [0.15, 0.2) is 23.0 Å². The monoisotopic (exact) mass is 383 g/mol. The van der Waals surface area contributed by atoms with Crippen LogP contribution < -0.4 is 25.3 Å². The van der Waals surface area contributed by atoms with Crippen molar-refractivity contribution in [2.75, 3.05) is 27.1 Å². The van der Waals surface area contributed by atoms with Crippen molar-refractivity contribution in [1.82, 2.24) is 20.3 Å². The molecule has 0 bridgehead atoms. The minimum absolute atomic E-state index is 0.0447. The van der Waals surface area contributed by atoms with Crippen LogP contribution in [0.25, 0.3) is 5.69 Å². The molecule has 0 saturated carbocycles. The molecule has 3 aromatic rings. The van der Waals surface area contributed by atoms with E-state index in [9.17, 15) is 4.79 Å². The molecular formula is C19H21N5O4. The number of amides is 1. The van der Waals surface area contributed by atoms with Gasteiger partial charge in [-0.3, -0.25) is 4.79 Å². The van der Waals surface area contributed by atoms with E-state index in [1.54, 1.807) is 32.4 Å². The van der Waals surface area contributed by atoms with Crippen LogP contribution in [-0.2, 0) is 6.54 Å². The Kier molecular flexibility index (Phi) is 5.64. The van der Waals surface area contributed by atoms with E-state index in [-0.39, 0.29) is 11.5 Å². The second kappa shape index (κ2) is 8.30. The summed E-state index contributed by atoms with van der Waals surface area (Å²) < 4.78 is 17.0. The maximum Gasteiger partial charge on any atom is 0.275 e. The lowest BCUT2D eigenvalue weighted by atomic mass is 10.2. The summed E-state index contributed by atoms with van der Waals surface area (Å²) >= 11 is 0. The topological polar surface area (TPSA) is 114 Å². The summed E-state index contributed by atoms with van der Waals surface area (Å²) in [5, 5.41) is 10.7. The number of methoxy groups -OCH3 is 3. The molecule has 9 nitrogen and oxygen atoms in total. The summed E-state index contributed by atoms with van der Waals surface area (Å²) in [5.74, 6) is 1.54. The van der Waals surface area contributed by atoms with E-state index in [1.165, 1.54) is 11.8 Å². The van der Waals surface area contributed by atoms with Gasteiger partial charge in [0, 0.05) is 12.6 Å². The van der Waals surface area contributed by atoms with Crippen LogP contribution in [0.3, 0.4) is 0 Å². The molecule has 0 aliphatic heterocycles. The third kappa shape index (κ3) is 3.83. The van der Waals surface area contributed by atoms with E-state index in [1.807, 2.05) is 24.3 Å². The van der Waals surface area contributed by atoms with E-state index >= 15 is 0 Å². The Balaban J connectivity index is 1.75. The van der Waals surface area contributed by atoms with Crippen LogP contribution in [0, 0.1) is 0 Å². The van der Waals surface area contributed by atoms with E-state index in [2.05, 4.69) is 15.6 Å². The van der Waals surface area contributed by atoms with Crippen molar-refractivity contribution in [1.29, 1.82) is 0 Å². The highest BCUT2D eigenvalue weighted by Gasteiger charge is 2.19. The molecular weight excluding hydrogens is 362 g/mol. The Morgan fingerprint density at radius 3 is 2.39 bits per heavy atom. The fraction of sp³-hybridized carbons (Fsp3) is 0.211. The number of nitrogens with one attached hydrogen (secondary N) is 1. The molecule has 1 amide bonds. The zero-order valence-electron chi connectivity index (χ0n) is 15.8. The number of nitrogen functional groups attached to an aromatic ring is 1. The summed E-state index contributed by atoms with van der Waals surface area (Å²) in [4.78, 5) is 12.5. The molecule has 0 aliphatic rings. The van der Waals surface area contributed by atoms with Gasteiger partial charge in [0.05, 0.1) is 27.0 Å². The summed E-state index contributed by atoms with van der Waals surface area (Å²) in [5.41, 5.74) is 7.65. The van der Waals surface area contributed by atoms with Gasteiger partial charge in [0.1, 0.15) is 5.75 Å². The van der Waals surface area contributed by atoms with Gasteiger partial charge in [-0.2, -0.15) is 4.68 Å². The molecule has 0 spiro atoms. The Bertz CT molecular complexity index is 969. The molecule has 1 heterocycles. The first-order chi connectivity index (χ1) is 13.6. The third-order valence-corrected chi connectivity index (χ3v) is 4.14. The van der Waals surface area contributed by atoms with E-state index < -0.39 is 5.91 Å². The van der Waals surface area contributed by atoms with Crippen molar-refractivity contribution in [2.45, 2.75) is 6.54 Å². The number of hydrogen-bond acceptors (Lipinski definition) is 7. The first kappa shape index (κ1) is 19.0. The lowest BCUT2D eigenvalue weighted by Crippen LogP contribution is -2.24. The molecule has 2 aromatic carbocycles. The van der Waals surface area contributed by atoms with Crippen molar-refractivity contribution in [3.63, 3.8) is 0 Å². The van der Waals surface area contributed by atoms with Crippen molar-refractivity contribution < 1.29 is 19.0 Å². The van der Waals surface area contributed by atoms with Gasteiger partial charge in [0.25, 0.3) is 5.91 Å². The number of anilines is 1. The second-order valence-electron chi connectivity index (χ2n) is 5.81. The fourth-order valence-electron chi connectivity index (χ4n) is 2.61. The summed E-state index contributed by atoms with van der Waals surface area (Å²) in [6, 6.07) is 12.5. The summed E-state index contributed by atoms with van der Waals surface area (Å²) in [6.07, 6.45) is 0. The van der Waals surface area contributed by atoms with Crippen molar-refractivity contribution in [3.05, 3.63) is 53.7 Å². The van der Waals surface area contributed by atoms with E-state index in [0.717, 1.165) is 11.3 Å². The highest BCUT2D eigenvalue weighted by atomic mass is 16.5. The SMILES string of the molecule is COc1ccc(CNC(=O)c2nnn(-c3ccc(OC)c(OC)c3)c2N)cc1. The molecule has 0 atom stereocenters.